The quantitative estimate of drug-likeness (QED) is 0.720. The van der Waals surface area contributed by atoms with Crippen molar-refractivity contribution in [3.8, 4) is 0 Å². The van der Waals surface area contributed by atoms with Gasteiger partial charge in [-0.3, -0.25) is 9.59 Å². The third-order valence-corrected chi connectivity index (χ3v) is 2.24. The predicted molar refractivity (Wildman–Crippen MR) is 50.4 cm³/mol. The lowest BCUT2D eigenvalue weighted by molar-refractivity contribution is -0.118. The summed E-state index contributed by atoms with van der Waals surface area (Å²) < 4.78 is 0. The lowest BCUT2D eigenvalue weighted by Crippen LogP contribution is -2.33. The highest BCUT2D eigenvalue weighted by Gasteiger charge is 2.27. The maximum Gasteiger partial charge on any atom is 0.254 e. The molecule has 4 heteroatoms. The van der Waals surface area contributed by atoms with Crippen molar-refractivity contribution in [2.24, 2.45) is 5.73 Å². The van der Waals surface area contributed by atoms with Crippen LogP contribution in [0.2, 0.25) is 0 Å². The predicted octanol–water partition coefficient (Wildman–Crippen LogP) is 0.128. The Labute approximate surface area is 81.3 Å². The number of carbonyl (C=O) groups excluding carboxylic acids is 2. The molecule has 2 rings (SSSR count). The van der Waals surface area contributed by atoms with Crippen molar-refractivity contribution >= 4 is 11.8 Å². The molecule has 0 bridgehead atoms. The molecule has 0 radical (unpaired) electrons. The Morgan fingerprint density at radius 1 is 1.43 bits per heavy atom. The van der Waals surface area contributed by atoms with Crippen LogP contribution in [0.15, 0.2) is 24.3 Å². The Balaban J connectivity index is 2.26. The number of amides is 2. The number of fused-ring (bicyclic) bond motifs is 1. The van der Waals surface area contributed by atoms with Gasteiger partial charge in [0.05, 0.1) is 6.54 Å². The Morgan fingerprint density at radius 3 is 2.79 bits per heavy atom. The van der Waals surface area contributed by atoms with Gasteiger partial charge in [-0.25, -0.2) is 0 Å². The minimum absolute atomic E-state index is 0.00644. The van der Waals surface area contributed by atoms with Crippen LogP contribution >= 0.6 is 0 Å². The van der Waals surface area contributed by atoms with Crippen LogP contribution in [0.4, 0.5) is 0 Å². The third-order valence-electron chi connectivity index (χ3n) is 2.24. The van der Waals surface area contributed by atoms with Crippen molar-refractivity contribution in [3.63, 3.8) is 0 Å². The SMILES string of the molecule is NC(=O)CN1Cc2ccccc2C1=O. The van der Waals surface area contributed by atoms with E-state index in [0.29, 0.717) is 12.1 Å². The number of hydrogen-bond donors (Lipinski definition) is 1. The van der Waals surface area contributed by atoms with Crippen molar-refractivity contribution in [2.45, 2.75) is 6.54 Å². The summed E-state index contributed by atoms with van der Waals surface area (Å²) in [6.07, 6.45) is 0. The lowest BCUT2D eigenvalue weighted by atomic mass is 10.1. The fourth-order valence-electron chi connectivity index (χ4n) is 1.63. The molecule has 2 N–H and O–H groups in total. The average Bonchev–Trinajstić information content (AvgIpc) is 2.44. The molecular formula is C10H10N2O2. The summed E-state index contributed by atoms with van der Waals surface area (Å²) in [6, 6.07) is 7.33. The molecule has 4 nitrogen and oxygen atoms in total. The Kier molecular flexibility index (Phi) is 1.96. The minimum atomic E-state index is -0.480. The Morgan fingerprint density at radius 2 is 2.14 bits per heavy atom. The summed E-state index contributed by atoms with van der Waals surface area (Å²) in [7, 11) is 0. The zero-order valence-electron chi connectivity index (χ0n) is 7.56. The lowest BCUT2D eigenvalue weighted by Gasteiger charge is -2.11. The highest BCUT2D eigenvalue weighted by Crippen LogP contribution is 2.21. The molecular weight excluding hydrogens is 180 g/mol. The molecule has 0 unspecified atom stereocenters. The van der Waals surface area contributed by atoms with Crippen molar-refractivity contribution in [1.82, 2.24) is 4.90 Å². The molecule has 14 heavy (non-hydrogen) atoms. The van der Waals surface area contributed by atoms with Gasteiger partial charge in [0, 0.05) is 12.1 Å². The van der Waals surface area contributed by atoms with E-state index in [9.17, 15) is 9.59 Å². The second-order valence-electron chi connectivity index (χ2n) is 3.28. The molecule has 1 aliphatic rings. The molecule has 1 heterocycles. The van der Waals surface area contributed by atoms with Gasteiger partial charge in [-0.15, -0.1) is 0 Å². The molecule has 0 fully saturated rings. The van der Waals surface area contributed by atoms with Crippen LogP contribution in [0.5, 0.6) is 0 Å². The number of nitrogens with zero attached hydrogens (tertiary/aromatic N) is 1. The summed E-state index contributed by atoms with van der Waals surface area (Å²) in [5.41, 5.74) is 6.67. The largest absolute Gasteiger partial charge is 0.368 e. The van der Waals surface area contributed by atoms with E-state index in [-0.39, 0.29) is 12.5 Å². The van der Waals surface area contributed by atoms with E-state index in [4.69, 9.17) is 5.73 Å². The third kappa shape index (κ3) is 1.35. The molecule has 0 saturated carbocycles. The molecule has 0 spiro atoms. The smallest absolute Gasteiger partial charge is 0.254 e. The standard InChI is InChI=1S/C10H10N2O2/c11-9(13)6-12-5-7-3-1-2-4-8(7)10(12)14/h1-4H,5-6H2,(H2,11,13). The van der Waals surface area contributed by atoms with E-state index >= 15 is 0 Å². The van der Waals surface area contributed by atoms with Gasteiger partial charge < -0.3 is 10.6 Å². The van der Waals surface area contributed by atoms with E-state index in [0.717, 1.165) is 5.56 Å². The molecule has 0 aliphatic carbocycles. The number of rotatable bonds is 2. The molecule has 0 aromatic heterocycles. The first-order valence-corrected chi connectivity index (χ1v) is 4.34. The first kappa shape index (κ1) is 8.74. The monoisotopic (exact) mass is 190 g/mol. The van der Waals surface area contributed by atoms with Crippen molar-refractivity contribution < 1.29 is 9.59 Å². The number of nitrogens with two attached hydrogens (primary N) is 1. The summed E-state index contributed by atoms with van der Waals surface area (Å²) in [6.45, 7) is 0.478. The van der Waals surface area contributed by atoms with Crippen molar-refractivity contribution in [1.29, 1.82) is 0 Å². The second kappa shape index (κ2) is 3.14. The van der Waals surface area contributed by atoms with Crippen LogP contribution in [0, 0.1) is 0 Å². The first-order valence-electron chi connectivity index (χ1n) is 4.34. The second-order valence-corrected chi connectivity index (χ2v) is 3.28. The maximum absolute atomic E-state index is 11.7. The van der Waals surface area contributed by atoms with Gasteiger partial charge in [0.2, 0.25) is 5.91 Å². The summed E-state index contributed by atoms with van der Waals surface area (Å²) >= 11 is 0. The highest BCUT2D eigenvalue weighted by atomic mass is 16.2. The Bertz CT molecular complexity index is 401. The number of benzene rings is 1. The van der Waals surface area contributed by atoms with E-state index in [1.54, 1.807) is 6.07 Å². The van der Waals surface area contributed by atoms with Crippen LogP contribution < -0.4 is 5.73 Å². The van der Waals surface area contributed by atoms with Crippen LogP contribution in [0.1, 0.15) is 15.9 Å². The zero-order valence-corrected chi connectivity index (χ0v) is 7.56. The first-order chi connectivity index (χ1) is 6.68. The zero-order chi connectivity index (χ0) is 10.1. The van der Waals surface area contributed by atoms with Gasteiger partial charge in [0.15, 0.2) is 0 Å². The number of carbonyl (C=O) groups is 2. The maximum atomic E-state index is 11.7. The molecule has 1 aliphatic heterocycles. The number of primary amides is 1. The van der Waals surface area contributed by atoms with E-state index in [1.165, 1.54) is 4.90 Å². The molecule has 1 aromatic carbocycles. The normalized spacial score (nSPS) is 14.3. The van der Waals surface area contributed by atoms with Gasteiger partial charge in [-0.1, -0.05) is 18.2 Å². The van der Waals surface area contributed by atoms with Crippen molar-refractivity contribution in [2.75, 3.05) is 6.54 Å². The van der Waals surface area contributed by atoms with Crippen LogP contribution in [0.3, 0.4) is 0 Å². The molecule has 72 valence electrons. The summed E-state index contributed by atoms with van der Waals surface area (Å²) in [5, 5.41) is 0. The molecule has 0 atom stereocenters. The van der Waals surface area contributed by atoms with E-state index < -0.39 is 5.91 Å². The van der Waals surface area contributed by atoms with Gasteiger partial charge in [-0.2, -0.15) is 0 Å². The minimum Gasteiger partial charge on any atom is -0.368 e. The number of hydrogen-bond acceptors (Lipinski definition) is 2. The van der Waals surface area contributed by atoms with Crippen LogP contribution in [-0.4, -0.2) is 23.3 Å². The van der Waals surface area contributed by atoms with Gasteiger partial charge >= 0.3 is 0 Å². The van der Waals surface area contributed by atoms with Crippen LogP contribution in [-0.2, 0) is 11.3 Å². The van der Waals surface area contributed by atoms with Crippen molar-refractivity contribution in [3.05, 3.63) is 35.4 Å². The summed E-state index contributed by atoms with van der Waals surface area (Å²) in [5.74, 6) is -0.592. The Hall–Kier alpha value is -1.84. The summed E-state index contributed by atoms with van der Waals surface area (Å²) in [4.78, 5) is 23.8. The van der Waals surface area contributed by atoms with E-state index in [2.05, 4.69) is 0 Å². The van der Waals surface area contributed by atoms with Gasteiger partial charge in [0.1, 0.15) is 0 Å². The molecule has 1 aromatic rings. The van der Waals surface area contributed by atoms with Gasteiger partial charge in [0.25, 0.3) is 5.91 Å². The van der Waals surface area contributed by atoms with Gasteiger partial charge in [-0.05, 0) is 11.6 Å². The van der Waals surface area contributed by atoms with Crippen LogP contribution in [0.25, 0.3) is 0 Å². The average molecular weight is 190 g/mol. The fraction of sp³-hybridized carbons (Fsp3) is 0.200. The highest BCUT2D eigenvalue weighted by molar-refractivity contribution is 6.00. The molecule has 2 amide bonds. The fourth-order valence-corrected chi connectivity index (χ4v) is 1.63. The van der Waals surface area contributed by atoms with E-state index in [1.807, 2.05) is 18.2 Å². The molecule has 0 saturated heterocycles. The topological polar surface area (TPSA) is 63.4 Å².